The van der Waals surface area contributed by atoms with Crippen LogP contribution in [0, 0.1) is 5.82 Å². The summed E-state index contributed by atoms with van der Waals surface area (Å²) in [5, 5.41) is 6.57. The quantitative estimate of drug-likeness (QED) is 0.838. The molecule has 3 nitrogen and oxygen atoms in total. The summed E-state index contributed by atoms with van der Waals surface area (Å²) in [6.45, 7) is 0. The van der Waals surface area contributed by atoms with E-state index >= 15 is 0 Å². The largest absolute Gasteiger partial charge is 0.372 e. The molecule has 19 heavy (non-hydrogen) atoms. The van der Waals surface area contributed by atoms with Crippen molar-refractivity contribution < 1.29 is 4.39 Å². The molecule has 0 bridgehead atoms. The van der Waals surface area contributed by atoms with Gasteiger partial charge in [-0.3, -0.25) is 0 Å². The van der Waals surface area contributed by atoms with E-state index in [9.17, 15) is 4.39 Å². The third kappa shape index (κ3) is 3.21. The zero-order valence-electron chi connectivity index (χ0n) is 9.77. The van der Waals surface area contributed by atoms with Crippen LogP contribution in [0.5, 0.6) is 0 Å². The molecule has 0 saturated heterocycles. The van der Waals surface area contributed by atoms with Gasteiger partial charge in [0.1, 0.15) is 11.6 Å². The zero-order valence-corrected chi connectivity index (χ0v) is 12.0. The summed E-state index contributed by atoms with van der Waals surface area (Å²) < 4.78 is 13.1. The van der Waals surface area contributed by atoms with Gasteiger partial charge >= 0.3 is 0 Å². The van der Waals surface area contributed by atoms with E-state index in [1.807, 2.05) is 0 Å². The molecule has 1 heterocycles. The number of anilines is 3. The molecule has 100 valence electrons. The number of rotatable bonds is 3. The molecule has 0 saturated carbocycles. The Morgan fingerprint density at radius 1 is 1.00 bits per heavy atom. The lowest BCUT2D eigenvalue weighted by Gasteiger charge is -2.11. The summed E-state index contributed by atoms with van der Waals surface area (Å²) in [6.07, 6.45) is 0. The molecule has 0 aliphatic heterocycles. The van der Waals surface area contributed by atoms with E-state index in [1.54, 1.807) is 13.1 Å². The Hall–Kier alpha value is -1.23. The molecule has 0 unspecified atom stereocenters. The minimum Gasteiger partial charge on any atom is -0.372 e. The second kappa shape index (κ2) is 5.82. The Morgan fingerprint density at radius 2 is 1.68 bits per heavy atom. The van der Waals surface area contributed by atoms with Crippen molar-refractivity contribution >= 4 is 52.1 Å². The van der Waals surface area contributed by atoms with E-state index in [1.165, 1.54) is 18.2 Å². The van der Waals surface area contributed by atoms with Crippen LogP contribution in [0.3, 0.4) is 0 Å². The number of hydrogen-bond acceptors (Lipinski definition) is 3. The third-order valence-electron chi connectivity index (χ3n) is 2.35. The molecule has 0 atom stereocenters. The van der Waals surface area contributed by atoms with Gasteiger partial charge in [-0.25, -0.2) is 9.37 Å². The van der Waals surface area contributed by atoms with Crippen LogP contribution in [-0.4, -0.2) is 12.0 Å². The molecular formula is C12H9Cl3FN3. The minimum absolute atomic E-state index is 0.0175. The molecule has 0 aliphatic rings. The van der Waals surface area contributed by atoms with Crippen molar-refractivity contribution in [2.24, 2.45) is 0 Å². The van der Waals surface area contributed by atoms with Gasteiger partial charge in [-0.15, -0.1) is 0 Å². The minimum atomic E-state index is -0.488. The molecule has 1 aromatic heterocycles. The summed E-state index contributed by atoms with van der Waals surface area (Å²) in [7, 11) is 1.70. The summed E-state index contributed by atoms with van der Waals surface area (Å²) in [5.41, 5.74) is 0.574. The maximum atomic E-state index is 13.1. The standard InChI is InChI=1S/C12H9Cl3FN3/c1-17-11-8(14)5-9(15)12(19-11)18-6-2-3-10(16)7(13)4-6/h2-5H,1H3,(H2,17,18,19). The molecule has 2 N–H and O–H groups in total. The third-order valence-corrected chi connectivity index (χ3v) is 3.21. The Labute approximate surface area is 124 Å². The van der Waals surface area contributed by atoms with Gasteiger partial charge in [0.2, 0.25) is 0 Å². The zero-order chi connectivity index (χ0) is 14.0. The molecule has 0 aliphatic carbocycles. The number of benzene rings is 1. The number of aromatic nitrogens is 1. The van der Waals surface area contributed by atoms with Crippen LogP contribution in [0.2, 0.25) is 15.1 Å². The van der Waals surface area contributed by atoms with Crippen molar-refractivity contribution in [2.45, 2.75) is 0 Å². The van der Waals surface area contributed by atoms with Crippen LogP contribution >= 0.6 is 34.8 Å². The van der Waals surface area contributed by atoms with Gasteiger partial charge in [0.25, 0.3) is 0 Å². The van der Waals surface area contributed by atoms with Crippen molar-refractivity contribution in [2.75, 3.05) is 17.7 Å². The van der Waals surface area contributed by atoms with Gasteiger partial charge < -0.3 is 10.6 Å². The van der Waals surface area contributed by atoms with E-state index in [0.29, 0.717) is 27.4 Å². The Bertz CT molecular complexity index is 619. The lowest BCUT2D eigenvalue weighted by molar-refractivity contribution is 0.628. The second-order valence-electron chi connectivity index (χ2n) is 3.65. The summed E-state index contributed by atoms with van der Waals surface area (Å²) in [6, 6.07) is 5.80. The molecule has 0 fully saturated rings. The van der Waals surface area contributed by atoms with Gasteiger partial charge in [0.05, 0.1) is 15.1 Å². The van der Waals surface area contributed by atoms with Crippen molar-refractivity contribution in [3.63, 3.8) is 0 Å². The van der Waals surface area contributed by atoms with Gasteiger partial charge in [0, 0.05) is 12.7 Å². The normalized spacial score (nSPS) is 10.4. The van der Waals surface area contributed by atoms with Crippen LogP contribution in [0.25, 0.3) is 0 Å². The van der Waals surface area contributed by atoms with E-state index in [2.05, 4.69) is 15.6 Å². The predicted octanol–water partition coefficient (Wildman–Crippen LogP) is 4.97. The fraction of sp³-hybridized carbons (Fsp3) is 0.0833. The summed E-state index contributed by atoms with van der Waals surface area (Å²) in [4.78, 5) is 4.21. The highest BCUT2D eigenvalue weighted by molar-refractivity contribution is 6.37. The molecular weight excluding hydrogens is 312 g/mol. The van der Waals surface area contributed by atoms with Crippen molar-refractivity contribution in [1.29, 1.82) is 0 Å². The van der Waals surface area contributed by atoms with Gasteiger partial charge in [-0.2, -0.15) is 0 Å². The van der Waals surface area contributed by atoms with Crippen LogP contribution in [0.4, 0.5) is 21.7 Å². The fourth-order valence-corrected chi connectivity index (χ4v) is 2.12. The topological polar surface area (TPSA) is 37.0 Å². The Kier molecular flexibility index (Phi) is 4.34. The highest BCUT2D eigenvalue weighted by atomic mass is 35.5. The van der Waals surface area contributed by atoms with Gasteiger partial charge in [-0.05, 0) is 24.3 Å². The van der Waals surface area contributed by atoms with E-state index in [0.717, 1.165) is 0 Å². The number of nitrogens with zero attached hydrogens (tertiary/aromatic N) is 1. The number of halogens is 4. The SMILES string of the molecule is CNc1nc(Nc2ccc(F)c(Cl)c2)c(Cl)cc1Cl. The van der Waals surface area contributed by atoms with Crippen molar-refractivity contribution in [3.8, 4) is 0 Å². The van der Waals surface area contributed by atoms with E-state index in [-0.39, 0.29) is 5.02 Å². The second-order valence-corrected chi connectivity index (χ2v) is 4.87. The lowest BCUT2D eigenvalue weighted by atomic mass is 10.3. The van der Waals surface area contributed by atoms with E-state index < -0.39 is 5.82 Å². The monoisotopic (exact) mass is 319 g/mol. The first-order chi connectivity index (χ1) is 9.01. The van der Waals surface area contributed by atoms with Crippen molar-refractivity contribution in [1.82, 2.24) is 4.98 Å². The average Bonchev–Trinajstić information content (AvgIpc) is 2.37. The summed E-state index contributed by atoms with van der Waals surface area (Å²) >= 11 is 17.7. The number of hydrogen-bond donors (Lipinski definition) is 2. The predicted molar refractivity (Wildman–Crippen MR) is 78.5 cm³/mol. The van der Waals surface area contributed by atoms with Gasteiger partial charge in [0.15, 0.2) is 5.82 Å². The molecule has 0 spiro atoms. The molecule has 2 aromatic rings. The summed E-state index contributed by atoms with van der Waals surface area (Å²) in [5.74, 6) is 0.401. The van der Waals surface area contributed by atoms with Crippen LogP contribution in [0.1, 0.15) is 0 Å². The number of pyridine rings is 1. The van der Waals surface area contributed by atoms with Crippen molar-refractivity contribution in [3.05, 3.63) is 45.2 Å². The molecule has 0 amide bonds. The molecule has 1 aromatic carbocycles. The first-order valence-electron chi connectivity index (χ1n) is 5.27. The first kappa shape index (κ1) is 14.2. The molecule has 7 heteroatoms. The maximum Gasteiger partial charge on any atom is 0.151 e. The smallest absolute Gasteiger partial charge is 0.151 e. The number of nitrogens with one attached hydrogen (secondary N) is 2. The molecule has 2 rings (SSSR count). The van der Waals surface area contributed by atoms with E-state index in [4.69, 9.17) is 34.8 Å². The Morgan fingerprint density at radius 3 is 2.32 bits per heavy atom. The average molecular weight is 321 g/mol. The first-order valence-corrected chi connectivity index (χ1v) is 6.40. The van der Waals surface area contributed by atoms with Crippen LogP contribution in [-0.2, 0) is 0 Å². The Balaban J connectivity index is 2.34. The maximum absolute atomic E-state index is 13.1. The highest BCUT2D eigenvalue weighted by Crippen LogP contribution is 2.31. The fourth-order valence-electron chi connectivity index (χ4n) is 1.44. The van der Waals surface area contributed by atoms with Crippen LogP contribution in [0.15, 0.2) is 24.3 Å². The lowest BCUT2D eigenvalue weighted by Crippen LogP contribution is -2.00. The molecule has 0 radical (unpaired) electrons. The van der Waals surface area contributed by atoms with Gasteiger partial charge in [-0.1, -0.05) is 34.8 Å². The van der Waals surface area contributed by atoms with Crippen LogP contribution < -0.4 is 10.6 Å². The highest BCUT2D eigenvalue weighted by Gasteiger charge is 2.09.